The van der Waals surface area contributed by atoms with Gasteiger partial charge in [0.25, 0.3) is 0 Å². The molecule has 0 fully saturated rings. The maximum absolute atomic E-state index is 11.1. The van der Waals surface area contributed by atoms with E-state index in [-0.39, 0.29) is 0 Å². The van der Waals surface area contributed by atoms with Crippen LogP contribution < -0.4 is 9.64 Å². The monoisotopic (exact) mass is 239 g/mol. The molecule has 1 aromatic carbocycles. The molecule has 86 valence electrons. The number of hydrogen-bond donors (Lipinski definition) is 0. The summed E-state index contributed by atoms with van der Waals surface area (Å²) < 4.78 is 5.24. The molecule has 4 heteroatoms. The van der Waals surface area contributed by atoms with E-state index in [2.05, 4.69) is 6.58 Å². The molecule has 0 unspecified atom stereocenters. The standard InChI is InChI=1S/C12H14ClNO2/c1-8(2)11-9(14(3)12(13)15)6-5-7-10(11)16-4/h5-7H,1H2,2-4H3. The highest BCUT2D eigenvalue weighted by Crippen LogP contribution is 2.34. The average Bonchev–Trinajstić information content (AvgIpc) is 2.26. The van der Waals surface area contributed by atoms with Gasteiger partial charge in [-0.25, -0.2) is 0 Å². The van der Waals surface area contributed by atoms with Crippen LogP contribution in [0.25, 0.3) is 5.57 Å². The van der Waals surface area contributed by atoms with Gasteiger partial charge in [-0.05, 0) is 36.2 Å². The smallest absolute Gasteiger partial charge is 0.320 e. The SMILES string of the molecule is C=C(C)c1c(OC)cccc1N(C)C(=O)Cl. The van der Waals surface area contributed by atoms with Crippen molar-refractivity contribution >= 4 is 28.2 Å². The van der Waals surface area contributed by atoms with Crippen molar-refractivity contribution in [2.24, 2.45) is 0 Å². The molecule has 0 saturated heterocycles. The molecule has 0 radical (unpaired) electrons. The largest absolute Gasteiger partial charge is 0.496 e. The zero-order valence-electron chi connectivity index (χ0n) is 9.58. The maximum atomic E-state index is 11.1. The van der Waals surface area contributed by atoms with Crippen LogP contribution in [-0.2, 0) is 0 Å². The lowest BCUT2D eigenvalue weighted by Crippen LogP contribution is -2.20. The van der Waals surface area contributed by atoms with Crippen molar-refractivity contribution in [2.75, 3.05) is 19.1 Å². The summed E-state index contributed by atoms with van der Waals surface area (Å²) in [7, 11) is 3.19. The second-order valence-corrected chi connectivity index (χ2v) is 3.77. The second kappa shape index (κ2) is 5.03. The molecule has 3 nitrogen and oxygen atoms in total. The lowest BCUT2D eigenvalue weighted by molar-refractivity contribution is 0.265. The quantitative estimate of drug-likeness (QED) is 0.597. The molecule has 1 aromatic rings. The van der Waals surface area contributed by atoms with Crippen molar-refractivity contribution in [3.05, 3.63) is 30.3 Å². The Labute approximate surface area is 100 Å². The molecule has 0 heterocycles. The van der Waals surface area contributed by atoms with E-state index in [4.69, 9.17) is 16.3 Å². The molecular weight excluding hydrogens is 226 g/mol. The topological polar surface area (TPSA) is 29.5 Å². The van der Waals surface area contributed by atoms with Gasteiger partial charge in [0, 0.05) is 12.6 Å². The number of carbonyl (C=O) groups is 1. The van der Waals surface area contributed by atoms with Crippen LogP contribution in [0.15, 0.2) is 24.8 Å². The van der Waals surface area contributed by atoms with E-state index >= 15 is 0 Å². The zero-order valence-corrected chi connectivity index (χ0v) is 10.3. The van der Waals surface area contributed by atoms with Crippen molar-refractivity contribution < 1.29 is 9.53 Å². The van der Waals surface area contributed by atoms with Crippen molar-refractivity contribution in [2.45, 2.75) is 6.92 Å². The molecule has 0 spiro atoms. The summed E-state index contributed by atoms with van der Waals surface area (Å²) in [6.07, 6.45) is 0. The Morgan fingerprint density at radius 3 is 2.56 bits per heavy atom. The number of allylic oxidation sites excluding steroid dienone is 1. The van der Waals surface area contributed by atoms with Crippen LogP contribution in [0, 0.1) is 0 Å². The zero-order chi connectivity index (χ0) is 12.3. The number of halogens is 1. The normalized spacial score (nSPS) is 9.75. The number of methoxy groups -OCH3 is 1. The van der Waals surface area contributed by atoms with Crippen LogP contribution in [0.4, 0.5) is 10.5 Å². The van der Waals surface area contributed by atoms with E-state index < -0.39 is 5.37 Å². The third-order valence-corrected chi connectivity index (χ3v) is 2.53. The number of ether oxygens (including phenoxy) is 1. The van der Waals surface area contributed by atoms with E-state index in [1.165, 1.54) is 4.90 Å². The Morgan fingerprint density at radius 2 is 2.12 bits per heavy atom. The molecule has 1 amide bonds. The summed E-state index contributed by atoms with van der Waals surface area (Å²) in [6.45, 7) is 5.73. The molecule has 0 aliphatic rings. The summed E-state index contributed by atoms with van der Waals surface area (Å²) in [5.74, 6) is 0.676. The molecular formula is C12H14ClNO2. The van der Waals surface area contributed by atoms with Crippen molar-refractivity contribution in [3.63, 3.8) is 0 Å². The minimum Gasteiger partial charge on any atom is -0.496 e. The number of amides is 1. The van der Waals surface area contributed by atoms with Gasteiger partial charge in [-0.3, -0.25) is 4.79 Å². The fraction of sp³-hybridized carbons (Fsp3) is 0.250. The first-order chi connectivity index (χ1) is 7.49. The highest BCUT2D eigenvalue weighted by molar-refractivity contribution is 6.66. The first-order valence-electron chi connectivity index (χ1n) is 4.75. The Bertz CT molecular complexity index is 429. The van der Waals surface area contributed by atoms with Crippen LogP contribution in [0.5, 0.6) is 5.75 Å². The van der Waals surface area contributed by atoms with Gasteiger partial charge < -0.3 is 9.64 Å². The van der Waals surface area contributed by atoms with Gasteiger partial charge in [0.1, 0.15) is 5.75 Å². The van der Waals surface area contributed by atoms with E-state index in [9.17, 15) is 4.79 Å². The number of rotatable bonds is 3. The van der Waals surface area contributed by atoms with E-state index in [0.717, 1.165) is 11.1 Å². The number of benzene rings is 1. The van der Waals surface area contributed by atoms with Crippen LogP contribution in [0.2, 0.25) is 0 Å². The Hall–Kier alpha value is -1.48. The summed E-state index contributed by atoms with van der Waals surface area (Å²) >= 11 is 5.45. The minimum atomic E-state index is -0.546. The number of nitrogens with zero attached hydrogens (tertiary/aromatic N) is 1. The van der Waals surface area contributed by atoms with Gasteiger partial charge in [-0.2, -0.15) is 0 Å². The molecule has 0 N–H and O–H groups in total. The van der Waals surface area contributed by atoms with Crippen molar-refractivity contribution in [3.8, 4) is 5.75 Å². The van der Waals surface area contributed by atoms with Crippen LogP contribution >= 0.6 is 11.6 Å². The molecule has 0 saturated carbocycles. The molecule has 0 aliphatic carbocycles. The average molecular weight is 240 g/mol. The van der Waals surface area contributed by atoms with E-state index in [1.807, 2.05) is 13.0 Å². The molecule has 0 bridgehead atoms. The van der Waals surface area contributed by atoms with Gasteiger partial charge in [0.05, 0.1) is 12.8 Å². The summed E-state index contributed by atoms with van der Waals surface area (Å²) in [5, 5.41) is -0.546. The number of carbonyl (C=O) groups excluding carboxylic acids is 1. The molecule has 0 aromatic heterocycles. The van der Waals surface area contributed by atoms with Gasteiger partial charge in [0.2, 0.25) is 0 Å². The lowest BCUT2D eigenvalue weighted by Gasteiger charge is -2.20. The summed E-state index contributed by atoms with van der Waals surface area (Å²) in [5.41, 5.74) is 2.30. The molecule has 1 rings (SSSR count). The molecule has 16 heavy (non-hydrogen) atoms. The minimum absolute atomic E-state index is 0.546. The predicted molar refractivity (Wildman–Crippen MR) is 67.4 cm³/mol. The fourth-order valence-electron chi connectivity index (χ4n) is 1.49. The van der Waals surface area contributed by atoms with Crippen LogP contribution in [0.1, 0.15) is 12.5 Å². The van der Waals surface area contributed by atoms with E-state index in [0.29, 0.717) is 11.4 Å². The summed E-state index contributed by atoms with van der Waals surface area (Å²) in [4.78, 5) is 12.5. The van der Waals surface area contributed by atoms with Crippen LogP contribution in [0.3, 0.4) is 0 Å². The Kier molecular flexibility index (Phi) is 3.96. The molecule has 0 aliphatic heterocycles. The van der Waals surface area contributed by atoms with Gasteiger partial charge in [-0.1, -0.05) is 12.6 Å². The number of anilines is 1. The van der Waals surface area contributed by atoms with E-state index in [1.54, 1.807) is 26.3 Å². The highest BCUT2D eigenvalue weighted by atomic mass is 35.5. The van der Waals surface area contributed by atoms with Crippen molar-refractivity contribution in [1.82, 2.24) is 0 Å². The summed E-state index contributed by atoms with van der Waals surface area (Å²) in [6, 6.07) is 5.42. The molecule has 0 atom stereocenters. The Balaban J connectivity index is 3.38. The fourth-order valence-corrected chi connectivity index (χ4v) is 1.58. The van der Waals surface area contributed by atoms with Crippen molar-refractivity contribution in [1.29, 1.82) is 0 Å². The first kappa shape index (κ1) is 12.6. The van der Waals surface area contributed by atoms with Gasteiger partial charge in [-0.15, -0.1) is 0 Å². The van der Waals surface area contributed by atoms with Crippen LogP contribution in [-0.4, -0.2) is 19.5 Å². The highest BCUT2D eigenvalue weighted by Gasteiger charge is 2.16. The van der Waals surface area contributed by atoms with Gasteiger partial charge >= 0.3 is 5.37 Å². The Morgan fingerprint density at radius 1 is 1.50 bits per heavy atom. The third kappa shape index (κ3) is 2.36. The second-order valence-electron chi connectivity index (χ2n) is 3.45. The number of hydrogen-bond acceptors (Lipinski definition) is 2. The lowest BCUT2D eigenvalue weighted by atomic mass is 10.0. The maximum Gasteiger partial charge on any atom is 0.320 e. The predicted octanol–water partition coefficient (Wildman–Crippen LogP) is 3.52. The first-order valence-corrected chi connectivity index (χ1v) is 5.13. The third-order valence-electron chi connectivity index (χ3n) is 2.28. The van der Waals surface area contributed by atoms with Gasteiger partial charge in [0.15, 0.2) is 0 Å².